The number of aliphatic hydroxyl groups excluding tert-OH is 1. The lowest BCUT2D eigenvalue weighted by Crippen LogP contribution is -2.05. The standard InChI is InChI=1S/C13H10F3NO/c14-8-1-2-12(17)11(6-8)13(18)7-3-9(15)5-10(16)4-7/h1-6,13,18H,17H2. The van der Waals surface area contributed by atoms with Crippen LogP contribution in [-0.2, 0) is 0 Å². The molecule has 0 aliphatic heterocycles. The van der Waals surface area contributed by atoms with E-state index in [0.717, 1.165) is 24.3 Å². The molecule has 0 aliphatic carbocycles. The van der Waals surface area contributed by atoms with E-state index in [4.69, 9.17) is 5.73 Å². The minimum Gasteiger partial charge on any atom is -0.398 e. The summed E-state index contributed by atoms with van der Waals surface area (Å²) >= 11 is 0. The van der Waals surface area contributed by atoms with Crippen LogP contribution in [0.15, 0.2) is 36.4 Å². The minimum atomic E-state index is -1.38. The van der Waals surface area contributed by atoms with Crippen LogP contribution in [0.25, 0.3) is 0 Å². The molecule has 2 nitrogen and oxygen atoms in total. The summed E-state index contributed by atoms with van der Waals surface area (Å²) in [5.74, 6) is -2.23. The highest BCUT2D eigenvalue weighted by Crippen LogP contribution is 2.28. The van der Waals surface area contributed by atoms with Gasteiger partial charge in [-0.2, -0.15) is 0 Å². The lowest BCUT2D eigenvalue weighted by atomic mass is 9.99. The fourth-order valence-corrected chi connectivity index (χ4v) is 1.70. The summed E-state index contributed by atoms with van der Waals surface area (Å²) < 4.78 is 39.1. The molecule has 1 atom stereocenters. The van der Waals surface area contributed by atoms with E-state index in [1.54, 1.807) is 0 Å². The molecular formula is C13H10F3NO. The van der Waals surface area contributed by atoms with E-state index in [-0.39, 0.29) is 16.8 Å². The van der Waals surface area contributed by atoms with E-state index in [9.17, 15) is 18.3 Å². The number of anilines is 1. The summed E-state index contributed by atoms with van der Waals surface area (Å²) in [4.78, 5) is 0. The number of nitrogens with two attached hydrogens (primary N) is 1. The van der Waals surface area contributed by atoms with Crippen molar-refractivity contribution in [3.8, 4) is 0 Å². The third-order valence-corrected chi connectivity index (χ3v) is 2.54. The topological polar surface area (TPSA) is 46.2 Å². The number of rotatable bonds is 2. The molecule has 0 heterocycles. The average molecular weight is 253 g/mol. The van der Waals surface area contributed by atoms with Crippen LogP contribution in [0, 0.1) is 17.5 Å². The van der Waals surface area contributed by atoms with Gasteiger partial charge in [0.1, 0.15) is 23.6 Å². The number of aliphatic hydroxyl groups is 1. The number of halogens is 3. The number of hydrogen-bond acceptors (Lipinski definition) is 2. The summed E-state index contributed by atoms with van der Waals surface area (Å²) in [6.45, 7) is 0. The fraction of sp³-hybridized carbons (Fsp3) is 0.0769. The molecule has 2 aromatic rings. The molecule has 0 amide bonds. The molecule has 0 aliphatic rings. The Morgan fingerprint density at radius 2 is 1.50 bits per heavy atom. The SMILES string of the molecule is Nc1ccc(F)cc1C(O)c1cc(F)cc(F)c1. The van der Waals surface area contributed by atoms with Crippen LogP contribution in [0.4, 0.5) is 18.9 Å². The maximum atomic E-state index is 13.1. The molecule has 1 unspecified atom stereocenters. The van der Waals surface area contributed by atoms with Crippen molar-refractivity contribution in [3.05, 3.63) is 65.0 Å². The van der Waals surface area contributed by atoms with Crippen LogP contribution in [-0.4, -0.2) is 5.11 Å². The highest BCUT2D eigenvalue weighted by atomic mass is 19.1. The van der Waals surface area contributed by atoms with Gasteiger partial charge in [0.2, 0.25) is 0 Å². The Morgan fingerprint density at radius 1 is 0.889 bits per heavy atom. The molecule has 18 heavy (non-hydrogen) atoms. The van der Waals surface area contributed by atoms with E-state index in [1.807, 2.05) is 0 Å². The predicted octanol–water partition coefficient (Wildman–Crippen LogP) is 2.77. The van der Waals surface area contributed by atoms with Crippen LogP contribution in [0.3, 0.4) is 0 Å². The second-order valence-corrected chi connectivity index (χ2v) is 3.88. The molecule has 3 N–H and O–H groups in total. The lowest BCUT2D eigenvalue weighted by Gasteiger charge is -2.14. The predicted molar refractivity (Wildman–Crippen MR) is 61.2 cm³/mol. The van der Waals surface area contributed by atoms with Crippen molar-refractivity contribution in [3.63, 3.8) is 0 Å². The van der Waals surface area contributed by atoms with Gasteiger partial charge in [-0.1, -0.05) is 0 Å². The second-order valence-electron chi connectivity index (χ2n) is 3.88. The Balaban J connectivity index is 2.47. The Morgan fingerprint density at radius 3 is 2.11 bits per heavy atom. The Bertz CT molecular complexity index is 566. The summed E-state index contributed by atoms with van der Waals surface area (Å²) in [5.41, 5.74) is 5.78. The van der Waals surface area contributed by atoms with Gasteiger partial charge in [-0.25, -0.2) is 13.2 Å². The van der Waals surface area contributed by atoms with Gasteiger partial charge in [0.15, 0.2) is 0 Å². The van der Waals surface area contributed by atoms with Crippen molar-refractivity contribution in [1.29, 1.82) is 0 Å². The van der Waals surface area contributed by atoms with E-state index in [1.165, 1.54) is 6.07 Å². The van der Waals surface area contributed by atoms with Gasteiger partial charge in [-0.3, -0.25) is 0 Å². The molecule has 0 fully saturated rings. The molecule has 0 bridgehead atoms. The van der Waals surface area contributed by atoms with E-state index in [0.29, 0.717) is 6.07 Å². The van der Waals surface area contributed by atoms with Gasteiger partial charge in [-0.05, 0) is 35.9 Å². The number of nitrogen functional groups attached to an aromatic ring is 1. The third-order valence-electron chi connectivity index (χ3n) is 2.54. The van der Waals surface area contributed by atoms with Crippen LogP contribution < -0.4 is 5.73 Å². The normalized spacial score (nSPS) is 12.4. The summed E-state index contributed by atoms with van der Waals surface area (Å²) in [6, 6.07) is 6.07. The van der Waals surface area contributed by atoms with Gasteiger partial charge in [0.05, 0.1) is 0 Å². The Hall–Kier alpha value is -2.01. The van der Waals surface area contributed by atoms with E-state index < -0.39 is 23.6 Å². The molecule has 0 aromatic heterocycles. The summed E-state index contributed by atoms with van der Waals surface area (Å²) in [5, 5.41) is 9.97. The first-order valence-corrected chi connectivity index (χ1v) is 5.16. The zero-order valence-corrected chi connectivity index (χ0v) is 9.20. The van der Waals surface area contributed by atoms with Gasteiger partial charge in [0.25, 0.3) is 0 Å². The number of hydrogen-bond donors (Lipinski definition) is 2. The van der Waals surface area contributed by atoms with Crippen molar-refractivity contribution < 1.29 is 18.3 Å². The van der Waals surface area contributed by atoms with Crippen LogP contribution >= 0.6 is 0 Å². The van der Waals surface area contributed by atoms with Crippen molar-refractivity contribution in [2.45, 2.75) is 6.10 Å². The average Bonchev–Trinajstić information content (AvgIpc) is 2.30. The first-order valence-electron chi connectivity index (χ1n) is 5.16. The molecule has 2 rings (SSSR count). The first kappa shape index (κ1) is 12.4. The monoisotopic (exact) mass is 253 g/mol. The van der Waals surface area contributed by atoms with Gasteiger partial charge in [0, 0.05) is 17.3 Å². The molecule has 5 heteroatoms. The van der Waals surface area contributed by atoms with Gasteiger partial charge < -0.3 is 10.8 Å². The molecular weight excluding hydrogens is 243 g/mol. The molecule has 0 radical (unpaired) electrons. The van der Waals surface area contributed by atoms with Crippen LogP contribution in [0.1, 0.15) is 17.2 Å². The highest BCUT2D eigenvalue weighted by Gasteiger charge is 2.16. The summed E-state index contributed by atoms with van der Waals surface area (Å²) in [7, 11) is 0. The highest BCUT2D eigenvalue weighted by molar-refractivity contribution is 5.50. The van der Waals surface area contributed by atoms with Crippen molar-refractivity contribution in [2.75, 3.05) is 5.73 Å². The molecule has 2 aromatic carbocycles. The molecule has 0 saturated carbocycles. The first-order chi connectivity index (χ1) is 8.47. The Labute approximate surface area is 101 Å². The van der Waals surface area contributed by atoms with Crippen LogP contribution in [0.2, 0.25) is 0 Å². The van der Waals surface area contributed by atoms with Crippen LogP contribution in [0.5, 0.6) is 0 Å². The zero-order chi connectivity index (χ0) is 13.3. The van der Waals surface area contributed by atoms with E-state index >= 15 is 0 Å². The maximum Gasteiger partial charge on any atom is 0.126 e. The largest absolute Gasteiger partial charge is 0.398 e. The van der Waals surface area contributed by atoms with Gasteiger partial charge >= 0.3 is 0 Å². The molecule has 0 saturated heterocycles. The lowest BCUT2D eigenvalue weighted by molar-refractivity contribution is 0.219. The molecule has 94 valence electrons. The Kier molecular flexibility index (Phi) is 3.25. The quantitative estimate of drug-likeness (QED) is 0.808. The van der Waals surface area contributed by atoms with Crippen molar-refractivity contribution >= 4 is 5.69 Å². The number of benzene rings is 2. The molecule has 0 spiro atoms. The van der Waals surface area contributed by atoms with Crippen molar-refractivity contribution in [1.82, 2.24) is 0 Å². The van der Waals surface area contributed by atoms with Gasteiger partial charge in [-0.15, -0.1) is 0 Å². The fourth-order valence-electron chi connectivity index (χ4n) is 1.70. The zero-order valence-electron chi connectivity index (χ0n) is 9.20. The third kappa shape index (κ3) is 2.46. The summed E-state index contributed by atoms with van der Waals surface area (Å²) in [6.07, 6.45) is -1.38. The second kappa shape index (κ2) is 4.70. The maximum absolute atomic E-state index is 13.1. The minimum absolute atomic E-state index is 0.0233. The van der Waals surface area contributed by atoms with E-state index in [2.05, 4.69) is 0 Å². The van der Waals surface area contributed by atoms with Crippen molar-refractivity contribution in [2.24, 2.45) is 0 Å². The smallest absolute Gasteiger partial charge is 0.126 e.